The molecule has 0 fully saturated rings. The third kappa shape index (κ3) is 3.00. The maximum Gasteiger partial charge on any atom is 0.177 e. The highest BCUT2D eigenvalue weighted by Crippen LogP contribution is 2.28. The van der Waals surface area contributed by atoms with Gasteiger partial charge in [-0.2, -0.15) is 15.3 Å². The zero-order valence-corrected chi connectivity index (χ0v) is 12.7. The average Bonchev–Trinajstić information content (AvgIpc) is 3.13. The SMILES string of the molecule is CC1=CC(C)(Cc2n[nH][c]c2CC(=O)c2cccs2)N=N1. The summed E-state index contributed by atoms with van der Waals surface area (Å²) in [6.45, 7) is 3.93. The third-order valence-corrected chi connectivity index (χ3v) is 4.27. The van der Waals surface area contributed by atoms with Gasteiger partial charge in [0.05, 0.1) is 22.5 Å². The minimum absolute atomic E-state index is 0.0915. The van der Waals surface area contributed by atoms with Crippen molar-refractivity contribution < 1.29 is 4.79 Å². The van der Waals surface area contributed by atoms with E-state index in [1.54, 1.807) is 0 Å². The topological polar surface area (TPSA) is 70.5 Å². The average molecular weight is 299 g/mol. The van der Waals surface area contributed by atoms with E-state index in [-0.39, 0.29) is 11.3 Å². The summed E-state index contributed by atoms with van der Waals surface area (Å²) in [6.07, 6.45) is 5.90. The molecule has 1 unspecified atom stereocenters. The van der Waals surface area contributed by atoms with Crippen LogP contribution in [0.5, 0.6) is 0 Å². The van der Waals surface area contributed by atoms with Gasteiger partial charge in [0, 0.05) is 18.4 Å². The summed E-state index contributed by atoms with van der Waals surface area (Å²) in [4.78, 5) is 13.0. The lowest BCUT2D eigenvalue weighted by Crippen LogP contribution is -2.21. The zero-order chi connectivity index (χ0) is 14.9. The molecule has 1 radical (unpaired) electrons. The fraction of sp³-hybridized carbons (Fsp3) is 0.333. The van der Waals surface area contributed by atoms with Gasteiger partial charge in [-0.25, -0.2) is 0 Å². The smallest absolute Gasteiger partial charge is 0.177 e. The number of hydrogen-bond donors (Lipinski definition) is 1. The molecular weight excluding hydrogens is 284 g/mol. The molecule has 21 heavy (non-hydrogen) atoms. The number of Topliss-reactive ketones (excluding diaryl/α,β-unsaturated/α-hetero) is 1. The monoisotopic (exact) mass is 299 g/mol. The Labute approximate surface area is 126 Å². The van der Waals surface area contributed by atoms with E-state index in [0.717, 1.165) is 21.8 Å². The number of H-pyrrole nitrogens is 1. The van der Waals surface area contributed by atoms with Crippen molar-refractivity contribution in [3.63, 3.8) is 0 Å². The number of carbonyl (C=O) groups excluding carboxylic acids is 1. The largest absolute Gasteiger partial charge is 0.293 e. The molecule has 1 atom stereocenters. The summed E-state index contributed by atoms with van der Waals surface area (Å²) in [5, 5.41) is 17.2. The summed E-state index contributed by atoms with van der Waals surface area (Å²) in [5.41, 5.74) is 2.16. The standard InChI is InChI=1S/C15H15N4OS/c1-10-7-15(2,19-17-10)8-12-11(9-16-18-12)6-13(20)14-4-3-5-21-14/h3-5,7H,6,8H2,1-2H3,(H,16,18). The van der Waals surface area contributed by atoms with E-state index in [1.165, 1.54) is 11.3 Å². The van der Waals surface area contributed by atoms with Crippen molar-refractivity contribution >= 4 is 17.1 Å². The van der Waals surface area contributed by atoms with Crippen molar-refractivity contribution in [1.82, 2.24) is 10.2 Å². The Bertz CT molecular complexity index is 714. The second-order valence-electron chi connectivity index (χ2n) is 5.37. The van der Waals surface area contributed by atoms with Crippen LogP contribution in [0.1, 0.15) is 34.8 Å². The van der Waals surface area contributed by atoms with Crippen LogP contribution in [-0.2, 0) is 12.8 Å². The van der Waals surface area contributed by atoms with Gasteiger partial charge < -0.3 is 0 Å². The van der Waals surface area contributed by atoms with Crippen molar-refractivity contribution in [2.24, 2.45) is 10.2 Å². The Balaban J connectivity index is 1.76. The van der Waals surface area contributed by atoms with Crippen LogP contribution < -0.4 is 0 Å². The molecular formula is C15H15N4OS. The van der Waals surface area contributed by atoms with Crippen molar-refractivity contribution in [3.05, 3.63) is 51.6 Å². The Kier molecular flexibility index (Phi) is 3.55. The van der Waals surface area contributed by atoms with Crippen molar-refractivity contribution in [1.29, 1.82) is 0 Å². The number of azo groups is 1. The Morgan fingerprint density at radius 3 is 3.05 bits per heavy atom. The number of nitrogens with zero attached hydrogens (tertiary/aromatic N) is 3. The number of hydrogen-bond acceptors (Lipinski definition) is 5. The second-order valence-corrected chi connectivity index (χ2v) is 6.32. The first-order chi connectivity index (χ1) is 10.1. The van der Waals surface area contributed by atoms with Crippen LogP contribution in [0.3, 0.4) is 0 Å². The number of nitrogens with one attached hydrogen (secondary N) is 1. The molecule has 0 aliphatic carbocycles. The first-order valence-electron chi connectivity index (χ1n) is 6.69. The highest BCUT2D eigenvalue weighted by atomic mass is 32.1. The molecule has 0 saturated heterocycles. The van der Waals surface area contributed by atoms with Crippen LogP contribution >= 0.6 is 11.3 Å². The number of thiophene rings is 1. The quantitative estimate of drug-likeness (QED) is 0.860. The lowest BCUT2D eigenvalue weighted by atomic mass is 9.94. The molecule has 1 aliphatic heterocycles. The Morgan fingerprint density at radius 1 is 1.52 bits per heavy atom. The van der Waals surface area contributed by atoms with E-state index in [4.69, 9.17) is 0 Å². The molecule has 0 amide bonds. The molecule has 0 spiro atoms. The molecule has 2 aromatic rings. The molecule has 2 aromatic heterocycles. The lowest BCUT2D eigenvalue weighted by Gasteiger charge is -2.15. The molecule has 107 valence electrons. The molecule has 0 bridgehead atoms. The van der Waals surface area contributed by atoms with Gasteiger partial charge >= 0.3 is 0 Å². The Hall–Kier alpha value is -2.08. The van der Waals surface area contributed by atoms with Gasteiger partial charge in [0.1, 0.15) is 5.54 Å². The predicted molar refractivity (Wildman–Crippen MR) is 80.5 cm³/mol. The predicted octanol–water partition coefficient (Wildman–Crippen LogP) is 3.37. The fourth-order valence-electron chi connectivity index (χ4n) is 2.41. The fourth-order valence-corrected chi connectivity index (χ4v) is 3.07. The van der Waals surface area contributed by atoms with Crippen molar-refractivity contribution in [2.75, 3.05) is 0 Å². The summed E-state index contributed by atoms with van der Waals surface area (Å²) in [7, 11) is 0. The van der Waals surface area contributed by atoms with E-state index < -0.39 is 0 Å². The van der Waals surface area contributed by atoms with Gasteiger partial charge in [-0.15, -0.1) is 11.3 Å². The van der Waals surface area contributed by atoms with Crippen LogP contribution in [0.25, 0.3) is 0 Å². The van der Waals surface area contributed by atoms with Gasteiger partial charge in [-0.3, -0.25) is 9.89 Å². The van der Waals surface area contributed by atoms with Crippen LogP contribution in [0, 0.1) is 6.20 Å². The number of aromatic nitrogens is 2. The van der Waals surface area contributed by atoms with E-state index in [9.17, 15) is 4.79 Å². The number of allylic oxidation sites excluding steroid dienone is 1. The minimum atomic E-state index is -0.381. The summed E-state index contributed by atoms with van der Waals surface area (Å²) in [6, 6.07) is 3.72. The van der Waals surface area contributed by atoms with Gasteiger partial charge in [-0.1, -0.05) is 6.07 Å². The maximum atomic E-state index is 12.2. The number of ketones is 1. The highest BCUT2D eigenvalue weighted by Gasteiger charge is 2.28. The maximum absolute atomic E-state index is 12.2. The normalized spacial score (nSPS) is 20.8. The van der Waals surface area contributed by atoms with Gasteiger partial charge in [0.25, 0.3) is 0 Å². The molecule has 6 heteroatoms. The summed E-state index contributed by atoms with van der Waals surface area (Å²) < 4.78 is 0. The summed E-state index contributed by atoms with van der Waals surface area (Å²) in [5.74, 6) is 0.0915. The van der Waals surface area contributed by atoms with Gasteiger partial charge in [-0.05, 0) is 31.4 Å². The number of aromatic amines is 1. The van der Waals surface area contributed by atoms with Crippen molar-refractivity contribution in [2.45, 2.75) is 32.2 Å². The number of rotatable bonds is 5. The van der Waals surface area contributed by atoms with E-state index >= 15 is 0 Å². The van der Waals surface area contributed by atoms with Crippen LogP contribution in [0.4, 0.5) is 0 Å². The number of carbonyl (C=O) groups is 1. The van der Waals surface area contributed by atoms with Crippen molar-refractivity contribution in [3.8, 4) is 0 Å². The van der Waals surface area contributed by atoms with Crippen LogP contribution in [0.15, 0.2) is 39.5 Å². The molecule has 1 aliphatic rings. The minimum Gasteiger partial charge on any atom is -0.293 e. The zero-order valence-electron chi connectivity index (χ0n) is 11.9. The molecule has 0 saturated carbocycles. The highest BCUT2D eigenvalue weighted by molar-refractivity contribution is 7.12. The second kappa shape index (κ2) is 5.37. The molecule has 3 heterocycles. The Morgan fingerprint density at radius 2 is 2.38 bits per heavy atom. The third-order valence-electron chi connectivity index (χ3n) is 3.36. The molecule has 3 rings (SSSR count). The first-order valence-corrected chi connectivity index (χ1v) is 7.56. The van der Waals surface area contributed by atoms with E-state index in [2.05, 4.69) is 26.6 Å². The van der Waals surface area contributed by atoms with Gasteiger partial charge in [0.15, 0.2) is 5.78 Å². The first kappa shape index (κ1) is 13.9. The van der Waals surface area contributed by atoms with E-state index in [1.807, 2.05) is 37.4 Å². The summed E-state index contributed by atoms with van der Waals surface area (Å²) >= 11 is 1.45. The van der Waals surface area contributed by atoms with Crippen LogP contribution in [-0.4, -0.2) is 21.5 Å². The molecule has 1 N–H and O–H groups in total. The lowest BCUT2D eigenvalue weighted by molar-refractivity contribution is 0.0996. The van der Waals surface area contributed by atoms with Crippen LogP contribution in [0.2, 0.25) is 0 Å². The van der Waals surface area contributed by atoms with Gasteiger partial charge in [0.2, 0.25) is 0 Å². The molecule has 5 nitrogen and oxygen atoms in total. The van der Waals surface area contributed by atoms with E-state index in [0.29, 0.717) is 12.8 Å². The molecule has 0 aromatic carbocycles.